The molecule has 9 heteroatoms. The fourth-order valence-electron chi connectivity index (χ4n) is 3.35. The molecule has 0 bridgehead atoms. The van der Waals surface area contributed by atoms with E-state index < -0.39 is 0 Å². The minimum Gasteiger partial charge on any atom is -0.395 e. The Labute approximate surface area is 196 Å². The number of ketones is 1. The molecule has 0 unspecified atom stereocenters. The summed E-state index contributed by atoms with van der Waals surface area (Å²) < 4.78 is 0. The van der Waals surface area contributed by atoms with Crippen molar-refractivity contribution in [3.63, 3.8) is 0 Å². The van der Waals surface area contributed by atoms with Crippen LogP contribution in [0.1, 0.15) is 40.4 Å². The van der Waals surface area contributed by atoms with Crippen molar-refractivity contribution in [2.45, 2.75) is 25.2 Å². The van der Waals surface area contributed by atoms with Gasteiger partial charge in [0.25, 0.3) is 0 Å². The van der Waals surface area contributed by atoms with Crippen LogP contribution in [0.4, 0.5) is 17.6 Å². The van der Waals surface area contributed by atoms with E-state index >= 15 is 0 Å². The molecule has 4 rings (SSSR count). The van der Waals surface area contributed by atoms with Gasteiger partial charge in [-0.1, -0.05) is 29.3 Å². The molecule has 0 spiro atoms. The summed E-state index contributed by atoms with van der Waals surface area (Å²) in [5.41, 5.74) is 2.07. The lowest BCUT2D eigenvalue weighted by atomic mass is 10.0. The molecule has 1 aliphatic rings. The standard InChI is InChI=1S/C23H23Cl2N5O2/c1-30(9-10-31)23-27-18(15-5-6-15)13-21(29-23)28-20-12-14(7-8-26-20)11-19(32)22-16(24)3-2-4-17(22)25/h2-4,7-8,12-13,15,31H,5-6,9-11H2,1H3,(H,26,27,28,29). The van der Waals surface area contributed by atoms with Gasteiger partial charge in [-0.05, 0) is 42.7 Å². The predicted octanol–water partition coefficient (Wildman–Crippen LogP) is 4.65. The van der Waals surface area contributed by atoms with Crippen LogP contribution in [0.15, 0.2) is 42.6 Å². The van der Waals surface area contributed by atoms with E-state index in [1.54, 1.807) is 36.5 Å². The summed E-state index contributed by atoms with van der Waals surface area (Å²) in [4.78, 5) is 28.2. The van der Waals surface area contributed by atoms with Crippen molar-refractivity contribution in [3.8, 4) is 0 Å². The van der Waals surface area contributed by atoms with Crippen molar-refractivity contribution in [1.82, 2.24) is 15.0 Å². The zero-order chi connectivity index (χ0) is 22.7. The quantitative estimate of drug-likeness (QED) is 0.438. The van der Waals surface area contributed by atoms with E-state index in [1.165, 1.54) is 0 Å². The van der Waals surface area contributed by atoms with Crippen molar-refractivity contribution in [3.05, 3.63) is 69.5 Å². The van der Waals surface area contributed by atoms with Crippen molar-refractivity contribution < 1.29 is 9.90 Å². The molecule has 0 radical (unpaired) electrons. The molecule has 1 saturated carbocycles. The second-order valence-electron chi connectivity index (χ2n) is 7.77. The number of pyridine rings is 1. The second kappa shape index (κ2) is 9.81. The van der Waals surface area contributed by atoms with Crippen LogP contribution in [0.2, 0.25) is 10.0 Å². The second-order valence-corrected chi connectivity index (χ2v) is 8.58. The van der Waals surface area contributed by atoms with Crippen molar-refractivity contribution in [2.24, 2.45) is 0 Å². The van der Waals surface area contributed by atoms with Gasteiger partial charge in [-0.2, -0.15) is 4.98 Å². The Bertz CT molecular complexity index is 1120. The van der Waals surface area contributed by atoms with Gasteiger partial charge in [0.05, 0.1) is 27.9 Å². The lowest BCUT2D eigenvalue weighted by molar-refractivity contribution is 0.0993. The molecule has 32 heavy (non-hydrogen) atoms. The summed E-state index contributed by atoms with van der Waals surface area (Å²) in [6.07, 6.45) is 4.00. The van der Waals surface area contributed by atoms with E-state index in [-0.39, 0.29) is 18.8 Å². The lowest BCUT2D eigenvalue weighted by Crippen LogP contribution is -2.24. The smallest absolute Gasteiger partial charge is 0.227 e. The number of nitrogens with zero attached hydrogens (tertiary/aromatic N) is 4. The van der Waals surface area contributed by atoms with Crippen LogP contribution in [0.3, 0.4) is 0 Å². The highest BCUT2D eigenvalue weighted by molar-refractivity contribution is 6.39. The number of Topliss-reactive ketones (excluding diaryl/α,β-unsaturated/α-hetero) is 1. The topological polar surface area (TPSA) is 91.2 Å². The van der Waals surface area contributed by atoms with Crippen LogP contribution in [-0.2, 0) is 6.42 Å². The van der Waals surface area contributed by atoms with Crippen LogP contribution < -0.4 is 10.2 Å². The van der Waals surface area contributed by atoms with Crippen molar-refractivity contribution in [2.75, 3.05) is 30.4 Å². The molecule has 0 atom stereocenters. The molecule has 0 saturated heterocycles. The zero-order valence-electron chi connectivity index (χ0n) is 17.6. The van der Waals surface area contributed by atoms with Gasteiger partial charge in [0, 0.05) is 38.2 Å². The molecule has 0 amide bonds. The van der Waals surface area contributed by atoms with E-state index in [0.29, 0.717) is 45.7 Å². The van der Waals surface area contributed by atoms with Crippen LogP contribution >= 0.6 is 23.2 Å². The Morgan fingerprint density at radius 1 is 1.16 bits per heavy atom. The minimum atomic E-state index is -0.163. The number of carbonyl (C=O) groups is 1. The van der Waals surface area contributed by atoms with Gasteiger partial charge < -0.3 is 15.3 Å². The molecule has 2 N–H and O–H groups in total. The minimum absolute atomic E-state index is 0.0172. The van der Waals surface area contributed by atoms with Crippen molar-refractivity contribution >= 4 is 46.6 Å². The van der Waals surface area contributed by atoms with Gasteiger partial charge in [0.2, 0.25) is 5.95 Å². The average Bonchev–Trinajstić information content (AvgIpc) is 3.59. The molecule has 2 aromatic heterocycles. The van der Waals surface area contributed by atoms with Crippen LogP contribution in [0.25, 0.3) is 0 Å². The van der Waals surface area contributed by atoms with E-state index in [2.05, 4.69) is 20.3 Å². The van der Waals surface area contributed by atoms with Crippen LogP contribution in [0, 0.1) is 0 Å². The summed E-state index contributed by atoms with van der Waals surface area (Å²) >= 11 is 12.3. The molecule has 166 valence electrons. The third-order valence-corrected chi connectivity index (χ3v) is 5.82. The first-order valence-electron chi connectivity index (χ1n) is 10.3. The number of aliphatic hydroxyl groups is 1. The molecule has 1 aliphatic carbocycles. The predicted molar refractivity (Wildman–Crippen MR) is 126 cm³/mol. The number of benzene rings is 1. The molecule has 7 nitrogen and oxygen atoms in total. The number of aromatic nitrogens is 3. The summed E-state index contributed by atoms with van der Waals surface area (Å²) in [7, 11) is 1.84. The molecule has 3 aromatic rings. The third-order valence-electron chi connectivity index (χ3n) is 5.19. The first-order chi connectivity index (χ1) is 15.4. The van der Waals surface area contributed by atoms with E-state index in [4.69, 9.17) is 23.2 Å². The van der Waals surface area contributed by atoms with Crippen molar-refractivity contribution in [1.29, 1.82) is 0 Å². The summed E-state index contributed by atoms with van der Waals surface area (Å²) in [5, 5.41) is 13.1. The van der Waals surface area contributed by atoms with Gasteiger partial charge in [-0.15, -0.1) is 0 Å². The number of halogens is 2. The molecular formula is C23H23Cl2N5O2. The molecule has 1 fully saturated rings. The number of rotatable bonds is 9. The number of likely N-dealkylation sites (N-methyl/N-ethyl adjacent to an activating group) is 1. The highest BCUT2D eigenvalue weighted by Gasteiger charge is 2.26. The Morgan fingerprint density at radius 3 is 2.59 bits per heavy atom. The summed E-state index contributed by atoms with van der Waals surface area (Å²) in [6, 6.07) is 10.5. The summed E-state index contributed by atoms with van der Waals surface area (Å²) in [6.45, 7) is 0.456. The Balaban J connectivity index is 1.54. The summed E-state index contributed by atoms with van der Waals surface area (Å²) in [5.74, 6) is 2.01. The van der Waals surface area contributed by atoms with E-state index in [9.17, 15) is 9.90 Å². The number of hydrogen-bond donors (Lipinski definition) is 2. The fourth-order valence-corrected chi connectivity index (χ4v) is 3.96. The average molecular weight is 472 g/mol. The Kier molecular flexibility index (Phi) is 6.89. The zero-order valence-corrected chi connectivity index (χ0v) is 19.1. The normalized spacial score (nSPS) is 13.1. The third kappa shape index (κ3) is 5.35. The largest absolute Gasteiger partial charge is 0.395 e. The highest BCUT2D eigenvalue weighted by atomic mass is 35.5. The molecule has 2 heterocycles. The maximum atomic E-state index is 12.8. The van der Waals surface area contributed by atoms with E-state index in [1.807, 2.05) is 18.0 Å². The Morgan fingerprint density at radius 2 is 1.91 bits per heavy atom. The van der Waals surface area contributed by atoms with Gasteiger partial charge in [0.1, 0.15) is 11.6 Å². The molecule has 1 aromatic carbocycles. The maximum absolute atomic E-state index is 12.8. The molecular weight excluding hydrogens is 449 g/mol. The number of nitrogens with one attached hydrogen (secondary N) is 1. The number of hydrogen-bond acceptors (Lipinski definition) is 7. The number of carbonyl (C=O) groups excluding carboxylic acids is 1. The van der Waals surface area contributed by atoms with Gasteiger partial charge in [-0.3, -0.25) is 4.79 Å². The monoisotopic (exact) mass is 471 g/mol. The first-order valence-corrected chi connectivity index (χ1v) is 11.1. The van der Waals surface area contributed by atoms with Gasteiger partial charge in [-0.25, -0.2) is 9.97 Å². The van der Waals surface area contributed by atoms with Gasteiger partial charge >= 0.3 is 0 Å². The Hall–Kier alpha value is -2.74. The van der Waals surface area contributed by atoms with Crippen LogP contribution in [-0.4, -0.2) is 46.0 Å². The molecule has 0 aliphatic heterocycles. The fraction of sp³-hybridized carbons (Fsp3) is 0.304. The lowest BCUT2D eigenvalue weighted by Gasteiger charge is -2.18. The van der Waals surface area contributed by atoms with E-state index in [0.717, 1.165) is 24.1 Å². The maximum Gasteiger partial charge on any atom is 0.227 e. The van der Waals surface area contributed by atoms with Gasteiger partial charge in [0.15, 0.2) is 5.78 Å². The van der Waals surface area contributed by atoms with Crippen LogP contribution in [0.5, 0.6) is 0 Å². The first kappa shape index (κ1) is 22.5. The SMILES string of the molecule is CN(CCO)c1nc(Nc2cc(CC(=O)c3c(Cl)cccc3Cl)ccn2)cc(C2CC2)n1. The number of aliphatic hydroxyl groups excluding tert-OH is 1. The number of anilines is 3. The highest BCUT2D eigenvalue weighted by Crippen LogP contribution is 2.40.